The zero-order valence-corrected chi connectivity index (χ0v) is 16.8. The lowest BCUT2D eigenvalue weighted by Crippen LogP contribution is -2.24. The number of rotatable bonds is 8. The van der Waals surface area contributed by atoms with Crippen molar-refractivity contribution in [2.75, 3.05) is 0 Å². The SMILES string of the molecule is O=C(NCc1cccnc1OC1CCCC1)c1cccc(OCc2cccnc2)c1. The summed E-state index contributed by atoms with van der Waals surface area (Å²) >= 11 is 0. The van der Waals surface area contributed by atoms with Crippen molar-refractivity contribution < 1.29 is 14.3 Å². The molecule has 0 saturated heterocycles. The van der Waals surface area contributed by atoms with Crippen LogP contribution in [0.1, 0.15) is 47.2 Å². The third-order valence-corrected chi connectivity index (χ3v) is 5.09. The molecule has 1 fully saturated rings. The van der Waals surface area contributed by atoms with Gasteiger partial charge in [-0.3, -0.25) is 9.78 Å². The van der Waals surface area contributed by atoms with Crippen molar-refractivity contribution in [3.8, 4) is 11.6 Å². The predicted octanol–water partition coefficient (Wildman–Crippen LogP) is 4.31. The minimum absolute atomic E-state index is 0.169. The van der Waals surface area contributed by atoms with Crippen LogP contribution in [0.25, 0.3) is 0 Å². The van der Waals surface area contributed by atoms with Gasteiger partial charge in [-0.05, 0) is 56.0 Å². The number of hydrogen-bond donors (Lipinski definition) is 1. The van der Waals surface area contributed by atoms with Crippen LogP contribution in [0.3, 0.4) is 0 Å². The standard InChI is InChI=1S/C24H25N3O3/c28-23(19-7-3-11-22(14-19)29-17-18-6-4-12-25-15-18)27-16-20-8-5-13-26-24(20)30-21-9-1-2-10-21/h3-8,11-15,21H,1-2,9-10,16-17H2,(H,27,28). The first-order valence-electron chi connectivity index (χ1n) is 10.3. The van der Waals surface area contributed by atoms with Crippen molar-refractivity contribution >= 4 is 5.91 Å². The predicted molar refractivity (Wildman–Crippen MR) is 113 cm³/mol. The van der Waals surface area contributed by atoms with Gasteiger partial charge in [-0.15, -0.1) is 0 Å². The topological polar surface area (TPSA) is 73.3 Å². The Morgan fingerprint density at radius 1 is 1.07 bits per heavy atom. The van der Waals surface area contributed by atoms with Crippen LogP contribution in [0.15, 0.2) is 67.1 Å². The van der Waals surface area contributed by atoms with E-state index in [0.717, 1.165) is 24.0 Å². The lowest BCUT2D eigenvalue weighted by atomic mass is 10.2. The molecule has 4 rings (SSSR count). The van der Waals surface area contributed by atoms with E-state index < -0.39 is 0 Å². The molecule has 0 spiro atoms. The first-order valence-corrected chi connectivity index (χ1v) is 10.3. The molecule has 6 heteroatoms. The molecule has 2 aromatic heterocycles. The Morgan fingerprint density at radius 3 is 2.77 bits per heavy atom. The van der Waals surface area contributed by atoms with E-state index in [1.165, 1.54) is 12.8 Å². The number of aromatic nitrogens is 2. The number of nitrogens with zero attached hydrogens (tertiary/aromatic N) is 2. The van der Waals surface area contributed by atoms with E-state index in [2.05, 4.69) is 15.3 Å². The molecule has 0 unspecified atom stereocenters. The molecule has 2 heterocycles. The number of ether oxygens (including phenoxy) is 2. The normalized spacial score (nSPS) is 13.7. The Kier molecular flexibility index (Phi) is 6.54. The molecule has 0 bridgehead atoms. The molecule has 1 aliphatic carbocycles. The van der Waals surface area contributed by atoms with Gasteiger partial charge in [-0.1, -0.05) is 18.2 Å². The fourth-order valence-corrected chi connectivity index (χ4v) is 3.48. The average Bonchev–Trinajstić information content (AvgIpc) is 3.31. The lowest BCUT2D eigenvalue weighted by Gasteiger charge is -2.15. The molecule has 1 aliphatic rings. The summed E-state index contributed by atoms with van der Waals surface area (Å²) in [4.78, 5) is 21.1. The molecule has 1 N–H and O–H groups in total. The van der Waals surface area contributed by atoms with Gasteiger partial charge in [-0.25, -0.2) is 4.98 Å². The maximum Gasteiger partial charge on any atom is 0.251 e. The van der Waals surface area contributed by atoms with Crippen LogP contribution in [-0.4, -0.2) is 22.0 Å². The summed E-state index contributed by atoms with van der Waals surface area (Å²) in [5.74, 6) is 1.08. The second-order valence-corrected chi connectivity index (χ2v) is 7.35. The van der Waals surface area contributed by atoms with E-state index in [1.54, 1.807) is 30.7 Å². The zero-order chi connectivity index (χ0) is 20.6. The quantitative estimate of drug-likeness (QED) is 0.607. The summed E-state index contributed by atoms with van der Waals surface area (Å²) in [6.45, 7) is 0.756. The monoisotopic (exact) mass is 403 g/mol. The first kappa shape index (κ1) is 19.9. The summed E-state index contributed by atoms with van der Waals surface area (Å²) in [5.41, 5.74) is 2.39. The number of carbonyl (C=O) groups is 1. The molecule has 1 amide bonds. The lowest BCUT2D eigenvalue weighted by molar-refractivity contribution is 0.0949. The highest BCUT2D eigenvalue weighted by Crippen LogP contribution is 2.25. The van der Waals surface area contributed by atoms with Crippen LogP contribution in [0.5, 0.6) is 11.6 Å². The van der Waals surface area contributed by atoms with Crippen LogP contribution in [0.4, 0.5) is 0 Å². The molecule has 1 aromatic carbocycles. The van der Waals surface area contributed by atoms with Crippen LogP contribution in [0.2, 0.25) is 0 Å². The van der Waals surface area contributed by atoms with Crippen LogP contribution in [0, 0.1) is 0 Å². The van der Waals surface area contributed by atoms with E-state index in [-0.39, 0.29) is 12.0 Å². The molecule has 30 heavy (non-hydrogen) atoms. The average molecular weight is 403 g/mol. The summed E-state index contributed by atoms with van der Waals surface area (Å²) in [6, 6.07) is 14.8. The van der Waals surface area contributed by atoms with Crippen molar-refractivity contribution in [1.82, 2.24) is 15.3 Å². The molecule has 0 radical (unpaired) electrons. The first-order chi connectivity index (χ1) is 14.8. The smallest absolute Gasteiger partial charge is 0.251 e. The Morgan fingerprint density at radius 2 is 1.93 bits per heavy atom. The van der Waals surface area contributed by atoms with E-state index in [4.69, 9.17) is 9.47 Å². The van der Waals surface area contributed by atoms with E-state index in [9.17, 15) is 4.79 Å². The number of nitrogens with one attached hydrogen (secondary N) is 1. The maximum atomic E-state index is 12.7. The van der Waals surface area contributed by atoms with Gasteiger partial charge in [0.2, 0.25) is 5.88 Å². The molecule has 1 saturated carbocycles. The van der Waals surface area contributed by atoms with Gasteiger partial charge >= 0.3 is 0 Å². The van der Waals surface area contributed by atoms with Crippen molar-refractivity contribution in [3.63, 3.8) is 0 Å². The molecule has 3 aromatic rings. The van der Waals surface area contributed by atoms with Crippen molar-refractivity contribution in [1.29, 1.82) is 0 Å². The minimum atomic E-state index is -0.169. The van der Waals surface area contributed by atoms with Crippen LogP contribution < -0.4 is 14.8 Å². The largest absolute Gasteiger partial charge is 0.489 e. The van der Waals surface area contributed by atoms with E-state index >= 15 is 0 Å². The fraction of sp³-hybridized carbons (Fsp3) is 0.292. The Balaban J connectivity index is 1.35. The van der Waals surface area contributed by atoms with Gasteiger partial charge in [0.25, 0.3) is 5.91 Å². The fourth-order valence-electron chi connectivity index (χ4n) is 3.48. The Labute approximate surface area is 176 Å². The summed E-state index contributed by atoms with van der Waals surface area (Å²) in [6.07, 6.45) is 9.95. The maximum absolute atomic E-state index is 12.7. The van der Waals surface area contributed by atoms with Crippen LogP contribution >= 0.6 is 0 Å². The second-order valence-electron chi connectivity index (χ2n) is 7.35. The zero-order valence-electron chi connectivity index (χ0n) is 16.8. The highest BCUT2D eigenvalue weighted by molar-refractivity contribution is 5.94. The molecular formula is C24H25N3O3. The van der Waals surface area contributed by atoms with Crippen molar-refractivity contribution in [3.05, 3.63) is 83.8 Å². The van der Waals surface area contributed by atoms with Crippen LogP contribution in [-0.2, 0) is 13.2 Å². The Bertz CT molecular complexity index is 972. The van der Waals surface area contributed by atoms with Gasteiger partial charge < -0.3 is 14.8 Å². The number of amides is 1. The Hall–Kier alpha value is -3.41. The molecule has 6 nitrogen and oxygen atoms in total. The molecule has 0 atom stereocenters. The van der Waals surface area contributed by atoms with Gasteiger partial charge in [0.15, 0.2) is 0 Å². The van der Waals surface area contributed by atoms with Gasteiger partial charge in [0.05, 0.1) is 0 Å². The second kappa shape index (κ2) is 9.87. The highest BCUT2D eigenvalue weighted by atomic mass is 16.5. The molecular weight excluding hydrogens is 378 g/mol. The van der Waals surface area contributed by atoms with E-state index in [1.807, 2.05) is 36.4 Å². The summed E-state index contributed by atoms with van der Waals surface area (Å²) < 4.78 is 11.8. The van der Waals surface area contributed by atoms with Crippen molar-refractivity contribution in [2.45, 2.75) is 44.9 Å². The number of hydrogen-bond acceptors (Lipinski definition) is 5. The third kappa shape index (κ3) is 5.35. The number of pyridine rings is 2. The third-order valence-electron chi connectivity index (χ3n) is 5.09. The highest BCUT2D eigenvalue weighted by Gasteiger charge is 2.19. The molecule has 0 aliphatic heterocycles. The number of carbonyl (C=O) groups excluding carboxylic acids is 1. The minimum Gasteiger partial charge on any atom is -0.489 e. The summed E-state index contributed by atoms with van der Waals surface area (Å²) in [5, 5.41) is 2.96. The van der Waals surface area contributed by atoms with Gasteiger partial charge in [0, 0.05) is 41.8 Å². The van der Waals surface area contributed by atoms with Crippen molar-refractivity contribution in [2.24, 2.45) is 0 Å². The number of benzene rings is 1. The molecule has 154 valence electrons. The van der Waals surface area contributed by atoms with E-state index in [0.29, 0.717) is 30.3 Å². The van der Waals surface area contributed by atoms with Gasteiger partial charge in [-0.2, -0.15) is 0 Å². The van der Waals surface area contributed by atoms with Gasteiger partial charge in [0.1, 0.15) is 18.5 Å². The summed E-state index contributed by atoms with van der Waals surface area (Å²) in [7, 11) is 0.